The van der Waals surface area contributed by atoms with E-state index < -0.39 is 0 Å². The smallest absolute Gasteiger partial charge is 0.0684 e. The van der Waals surface area contributed by atoms with E-state index in [0.29, 0.717) is 6.04 Å². The number of hydrogen-bond donors (Lipinski definition) is 2. The highest BCUT2D eigenvalue weighted by atomic mass is 16.5. The summed E-state index contributed by atoms with van der Waals surface area (Å²) in [6.45, 7) is 1.05. The molecule has 1 saturated heterocycles. The molecule has 0 amide bonds. The van der Waals surface area contributed by atoms with Gasteiger partial charge in [0, 0.05) is 31.5 Å². The fourth-order valence-corrected chi connectivity index (χ4v) is 3.62. The molecule has 1 aliphatic carbocycles. The van der Waals surface area contributed by atoms with Crippen LogP contribution in [0.1, 0.15) is 50.1 Å². The molecule has 5 heteroatoms. The van der Waals surface area contributed by atoms with Gasteiger partial charge in [0.1, 0.15) is 0 Å². The third-order valence-electron chi connectivity index (χ3n) is 4.83. The maximum atomic E-state index is 9.60. The van der Waals surface area contributed by atoms with Gasteiger partial charge >= 0.3 is 0 Å². The summed E-state index contributed by atoms with van der Waals surface area (Å²) in [5.41, 5.74) is 1.24. The number of hydrogen-bond acceptors (Lipinski definition) is 4. The molecule has 2 heterocycles. The molecule has 1 aromatic rings. The molecule has 1 aliphatic heterocycles. The molecule has 1 spiro atoms. The summed E-state index contributed by atoms with van der Waals surface area (Å²) < 4.78 is 7.74. The first kappa shape index (κ1) is 14.0. The highest BCUT2D eigenvalue weighted by Gasteiger charge is 2.39. The quantitative estimate of drug-likeness (QED) is 0.877. The molecule has 0 radical (unpaired) electrons. The van der Waals surface area contributed by atoms with E-state index >= 15 is 0 Å². The zero-order chi connectivity index (χ0) is 14.0. The molecule has 20 heavy (non-hydrogen) atoms. The van der Waals surface area contributed by atoms with E-state index in [2.05, 4.69) is 10.4 Å². The fourth-order valence-electron chi connectivity index (χ4n) is 3.62. The predicted octanol–water partition coefficient (Wildman–Crippen LogP) is 1.53. The first-order valence-corrected chi connectivity index (χ1v) is 7.70. The Hall–Kier alpha value is -0.910. The molecule has 2 aliphatic rings. The van der Waals surface area contributed by atoms with E-state index in [1.165, 1.54) is 12.8 Å². The Labute approximate surface area is 120 Å². The van der Waals surface area contributed by atoms with Gasteiger partial charge in [0.2, 0.25) is 0 Å². The van der Waals surface area contributed by atoms with Crippen LogP contribution < -0.4 is 5.32 Å². The van der Waals surface area contributed by atoms with E-state index in [9.17, 15) is 5.11 Å². The molecule has 0 aromatic carbocycles. The number of aromatic nitrogens is 2. The SMILES string of the molecule is Cn1cc(C(CO)NC2CCC3(CCCO3)CC2)cn1. The van der Waals surface area contributed by atoms with Crippen molar-refractivity contribution in [2.75, 3.05) is 13.2 Å². The van der Waals surface area contributed by atoms with Crippen LogP contribution in [-0.2, 0) is 11.8 Å². The molecule has 2 fully saturated rings. The van der Waals surface area contributed by atoms with Crippen LogP contribution >= 0.6 is 0 Å². The number of nitrogens with one attached hydrogen (secondary N) is 1. The number of aliphatic hydroxyl groups excluding tert-OH is 1. The van der Waals surface area contributed by atoms with Crippen LogP contribution in [0.15, 0.2) is 12.4 Å². The average Bonchev–Trinajstić information content (AvgIpc) is 3.08. The second-order valence-electron chi connectivity index (χ2n) is 6.26. The van der Waals surface area contributed by atoms with Gasteiger partial charge in [-0.05, 0) is 38.5 Å². The van der Waals surface area contributed by atoms with Crippen molar-refractivity contribution in [3.05, 3.63) is 18.0 Å². The van der Waals surface area contributed by atoms with Gasteiger partial charge in [-0.15, -0.1) is 0 Å². The summed E-state index contributed by atoms with van der Waals surface area (Å²) in [6, 6.07) is 0.467. The predicted molar refractivity (Wildman–Crippen MR) is 76.3 cm³/mol. The first-order chi connectivity index (χ1) is 9.71. The zero-order valence-electron chi connectivity index (χ0n) is 12.2. The molecule has 2 N–H and O–H groups in total. The van der Waals surface area contributed by atoms with Crippen molar-refractivity contribution in [2.45, 2.75) is 56.2 Å². The van der Waals surface area contributed by atoms with E-state index in [0.717, 1.165) is 37.9 Å². The standard InChI is InChI=1S/C15H25N3O2/c1-18-10-12(9-16-18)14(11-19)17-13-3-6-15(7-4-13)5-2-8-20-15/h9-10,13-14,17,19H,2-8,11H2,1H3. The van der Waals surface area contributed by atoms with E-state index in [4.69, 9.17) is 4.74 Å². The van der Waals surface area contributed by atoms with Crippen LogP contribution in [0.25, 0.3) is 0 Å². The van der Waals surface area contributed by atoms with Crippen LogP contribution in [0, 0.1) is 0 Å². The van der Waals surface area contributed by atoms with Gasteiger partial charge in [-0.3, -0.25) is 4.68 Å². The Morgan fingerprint density at radius 3 is 2.85 bits per heavy atom. The minimum atomic E-state index is -0.00718. The second-order valence-corrected chi connectivity index (χ2v) is 6.26. The summed E-state index contributed by atoms with van der Waals surface area (Å²) in [5, 5.41) is 17.4. The maximum absolute atomic E-state index is 9.60. The van der Waals surface area contributed by atoms with Crippen LogP contribution in [-0.4, -0.2) is 39.7 Å². The number of aliphatic hydroxyl groups is 1. The molecule has 1 unspecified atom stereocenters. The van der Waals surface area contributed by atoms with Crippen LogP contribution in [0.3, 0.4) is 0 Å². The lowest BCUT2D eigenvalue weighted by molar-refractivity contribution is -0.0312. The van der Waals surface area contributed by atoms with Crippen molar-refractivity contribution in [1.82, 2.24) is 15.1 Å². The number of nitrogens with zero attached hydrogens (tertiary/aromatic N) is 2. The van der Waals surface area contributed by atoms with Gasteiger partial charge < -0.3 is 15.2 Å². The normalized spacial score (nSPS) is 31.8. The molecule has 1 saturated carbocycles. The van der Waals surface area contributed by atoms with E-state index in [1.54, 1.807) is 4.68 Å². The summed E-state index contributed by atoms with van der Waals surface area (Å²) >= 11 is 0. The van der Waals surface area contributed by atoms with E-state index in [1.807, 2.05) is 19.4 Å². The van der Waals surface area contributed by atoms with Crippen molar-refractivity contribution >= 4 is 0 Å². The van der Waals surface area contributed by atoms with Crippen LogP contribution in [0.2, 0.25) is 0 Å². The monoisotopic (exact) mass is 279 g/mol. The molecular formula is C15H25N3O2. The molecule has 1 atom stereocenters. The second kappa shape index (κ2) is 5.84. The van der Waals surface area contributed by atoms with Gasteiger partial charge in [0.15, 0.2) is 0 Å². The summed E-state index contributed by atoms with van der Waals surface area (Å²) in [6.07, 6.45) is 10.8. The van der Waals surface area contributed by atoms with Gasteiger partial charge in [0.05, 0.1) is 24.4 Å². The van der Waals surface area contributed by atoms with Crippen molar-refractivity contribution in [3.8, 4) is 0 Å². The summed E-state index contributed by atoms with van der Waals surface area (Å²) in [5.74, 6) is 0. The van der Waals surface area contributed by atoms with Crippen molar-refractivity contribution < 1.29 is 9.84 Å². The van der Waals surface area contributed by atoms with Gasteiger partial charge in [-0.2, -0.15) is 5.10 Å². The topological polar surface area (TPSA) is 59.3 Å². The molecule has 5 nitrogen and oxygen atoms in total. The Kier molecular flexibility index (Phi) is 4.10. The van der Waals surface area contributed by atoms with E-state index in [-0.39, 0.29) is 18.2 Å². The van der Waals surface area contributed by atoms with Crippen LogP contribution in [0.5, 0.6) is 0 Å². The minimum absolute atomic E-state index is 0.00718. The Morgan fingerprint density at radius 1 is 1.50 bits per heavy atom. The number of rotatable bonds is 4. The van der Waals surface area contributed by atoms with Gasteiger partial charge in [0.25, 0.3) is 0 Å². The van der Waals surface area contributed by atoms with Crippen molar-refractivity contribution in [3.63, 3.8) is 0 Å². The number of ether oxygens (including phenoxy) is 1. The molecule has 3 rings (SSSR count). The highest BCUT2D eigenvalue weighted by Crippen LogP contribution is 2.39. The number of aryl methyl sites for hydroxylation is 1. The first-order valence-electron chi connectivity index (χ1n) is 7.70. The summed E-state index contributed by atoms with van der Waals surface area (Å²) in [4.78, 5) is 0. The van der Waals surface area contributed by atoms with Crippen molar-refractivity contribution in [1.29, 1.82) is 0 Å². The molecule has 0 bridgehead atoms. The molecule has 112 valence electrons. The average molecular weight is 279 g/mol. The molecular weight excluding hydrogens is 254 g/mol. The Balaban J connectivity index is 1.55. The third-order valence-corrected chi connectivity index (χ3v) is 4.83. The highest BCUT2D eigenvalue weighted by molar-refractivity contribution is 5.11. The van der Waals surface area contributed by atoms with Crippen LogP contribution in [0.4, 0.5) is 0 Å². The molecule has 1 aromatic heterocycles. The van der Waals surface area contributed by atoms with Gasteiger partial charge in [-0.25, -0.2) is 0 Å². The lowest BCUT2D eigenvalue weighted by Crippen LogP contribution is -2.42. The largest absolute Gasteiger partial charge is 0.394 e. The minimum Gasteiger partial charge on any atom is -0.394 e. The fraction of sp³-hybridized carbons (Fsp3) is 0.800. The lowest BCUT2D eigenvalue weighted by atomic mass is 9.80. The zero-order valence-corrected chi connectivity index (χ0v) is 12.2. The Morgan fingerprint density at radius 2 is 2.30 bits per heavy atom. The summed E-state index contributed by atoms with van der Waals surface area (Å²) in [7, 11) is 1.90. The third kappa shape index (κ3) is 2.90. The van der Waals surface area contributed by atoms with Gasteiger partial charge in [-0.1, -0.05) is 0 Å². The lowest BCUT2D eigenvalue weighted by Gasteiger charge is -2.37. The Bertz CT molecular complexity index is 430. The maximum Gasteiger partial charge on any atom is 0.0684 e. The van der Waals surface area contributed by atoms with Crippen molar-refractivity contribution in [2.24, 2.45) is 7.05 Å².